The molecule has 4 heteroatoms. The fourth-order valence-corrected chi connectivity index (χ4v) is 3.13. The van der Waals surface area contributed by atoms with Crippen LogP contribution in [0.5, 0.6) is 11.5 Å². The third-order valence-corrected chi connectivity index (χ3v) is 4.28. The lowest BCUT2D eigenvalue weighted by molar-refractivity contribution is 0.404. The molecule has 0 unspecified atom stereocenters. The Kier molecular flexibility index (Phi) is 4.39. The molecule has 0 saturated carbocycles. The Labute approximate surface area is 134 Å². The molecule has 3 rings (SSSR count). The first-order chi connectivity index (χ1) is 10.8. The summed E-state index contributed by atoms with van der Waals surface area (Å²) in [5.74, 6) is 1.60. The van der Waals surface area contributed by atoms with Crippen molar-refractivity contribution in [3.05, 3.63) is 64.5 Å². The van der Waals surface area contributed by atoms with Crippen LogP contribution in [-0.2, 0) is 6.42 Å². The van der Waals surface area contributed by atoms with E-state index in [4.69, 9.17) is 14.5 Å². The molecule has 0 fully saturated rings. The molecule has 112 valence electrons. The normalized spacial score (nSPS) is 10.5. The van der Waals surface area contributed by atoms with Gasteiger partial charge in [-0.3, -0.25) is 0 Å². The van der Waals surface area contributed by atoms with Crippen LogP contribution < -0.4 is 9.47 Å². The van der Waals surface area contributed by atoms with Crippen LogP contribution >= 0.6 is 11.3 Å². The highest BCUT2D eigenvalue weighted by atomic mass is 32.1. The van der Waals surface area contributed by atoms with E-state index in [2.05, 4.69) is 29.6 Å². The Hall–Kier alpha value is -2.33. The van der Waals surface area contributed by atoms with Crippen molar-refractivity contribution in [2.75, 3.05) is 14.2 Å². The standard InChI is InChI=1S/C18H17NO2S/c1-20-14-8-9-17(21-2)15(11-14)16-12-22-18(19-16)10-13-6-4-3-5-7-13/h3-9,11-12H,10H2,1-2H3. The van der Waals surface area contributed by atoms with E-state index >= 15 is 0 Å². The third-order valence-electron chi connectivity index (χ3n) is 3.43. The van der Waals surface area contributed by atoms with Gasteiger partial charge in [-0.2, -0.15) is 0 Å². The van der Waals surface area contributed by atoms with Crippen molar-refractivity contribution in [1.82, 2.24) is 4.98 Å². The molecule has 0 saturated heterocycles. The van der Waals surface area contributed by atoms with Crippen LogP contribution in [0.3, 0.4) is 0 Å². The molecule has 0 radical (unpaired) electrons. The lowest BCUT2D eigenvalue weighted by Crippen LogP contribution is -1.91. The van der Waals surface area contributed by atoms with E-state index in [1.807, 2.05) is 24.3 Å². The average Bonchev–Trinajstić information content (AvgIpc) is 3.03. The van der Waals surface area contributed by atoms with Crippen LogP contribution in [0.15, 0.2) is 53.9 Å². The lowest BCUT2D eigenvalue weighted by atomic mass is 10.1. The molecule has 0 amide bonds. The van der Waals surface area contributed by atoms with E-state index in [0.717, 1.165) is 34.2 Å². The van der Waals surface area contributed by atoms with Crippen LogP contribution in [0, 0.1) is 0 Å². The Morgan fingerprint density at radius 1 is 1.00 bits per heavy atom. The number of hydrogen-bond donors (Lipinski definition) is 0. The summed E-state index contributed by atoms with van der Waals surface area (Å²) < 4.78 is 10.7. The van der Waals surface area contributed by atoms with Crippen LogP contribution in [0.4, 0.5) is 0 Å². The van der Waals surface area contributed by atoms with Crippen LogP contribution in [0.1, 0.15) is 10.6 Å². The van der Waals surface area contributed by atoms with Gasteiger partial charge in [-0.15, -0.1) is 11.3 Å². The minimum atomic E-state index is 0.799. The fraction of sp³-hybridized carbons (Fsp3) is 0.167. The monoisotopic (exact) mass is 311 g/mol. The SMILES string of the molecule is COc1ccc(OC)c(-c2csc(Cc3ccccc3)n2)c1. The van der Waals surface area contributed by atoms with Gasteiger partial charge in [-0.1, -0.05) is 30.3 Å². The molecule has 0 aliphatic heterocycles. The smallest absolute Gasteiger partial charge is 0.128 e. The van der Waals surface area contributed by atoms with Crippen molar-refractivity contribution < 1.29 is 9.47 Å². The van der Waals surface area contributed by atoms with Gasteiger partial charge in [0.2, 0.25) is 0 Å². The Morgan fingerprint density at radius 3 is 2.55 bits per heavy atom. The molecule has 1 heterocycles. The van der Waals surface area contributed by atoms with Crippen LogP contribution in [-0.4, -0.2) is 19.2 Å². The summed E-state index contributed by atoms with van der Waals surface area (Å²) in [6.07, 6.45) is 0.845. The molecular weight excluding hydrogens is 294 g/mol. The van der Waals surface area contributed by atoms with Gasteiger partial charge in [0, 0.05) is 17.4 Å². The summed E-state index contributed by atoms with van der Waals surface area (Å²) in [7, 11) is 3.33. The van der Waals surface area contributed by atoms with E-state index < -0.39 is 0 Å². The third kappa shape index (κ3) is 3.12. The zero-order chi connectivity index (χ0) is 15.4. The number of thiazole rings is 1. The van der Waals surface area contributed by atoms with Gasteiger partial charge in [0.15, 0.2) is 0 Å². The number of benzene rings is 2. The highest BCUT2D eigenvalue weighted by Gasteiger charge is 2.11. The van der Waals surface area contributed by atoms with E-state index in [0.29, 0.717) is 0 Å². The van der Waals surface area contributed by atoms with Gasteiger partial charge in [-0.05, 0) is 23.8 Å². The maximum absolute atomic E-state index is 5.44. The van der Waals surface area contributed by atoms with Gasteiger partial charge >= 0.3 is 0 Å². The molecule has 3 aromatic rings. The first kappa shape index (κ1) is 14.6. The zero-order valence-corrected chi connectivity index (χ0v) is 13.4. The highest BCUT2D eigenvalue weighted by molar-refractivity contribution is 7.10. The zero-order valence-electron chi connectivity index (χ0n) is 12.6. The minimum Gasteiger partial charge on any atom is -0.497 e. The number of ether oxygens (including phenoxy) is 2. The molecule has 0 aliphatic rings. The molecule has 0 aliphatic carbocycles. The second-order valence-corrected chi connectivity index (χ2v) is 5.80. The van der Waals surface area contributed by atoms with E-state index in [-0.39, 0.29) is 0 Å². The Morgan fingerprint density at radius 2 is 1.82 bits per heavy atom. The first-order valence-electron chi connectivity index (χ1n) is 7.01. The number of aromatic nitrogens is 1. The second kappa shape index (κ2) is 6.62. The van der Waals surface area contributed by atoms with Crippen molar-refractivity contribution in [2.45, 2.75) is 6.42 Å². The number of rotatable bonds is 5. The fourth-order valence-electron chi connectivity index (χ4n) is 2.30. The highest BCUT2D eigenvalue weighted by Crippen LogP contribution is 2.34. The van der Waals surface area contributed by atoms with Gasteiger partial charge < -0.3 is 9.47 Å². The molecule has 2 aromatic carbocycles. The lowest BCUT2D eigenvalue weighted by Gasteiger charge is -2.08. The summed E-state index contributed by atoms with van der Waals surface area (Å²) in [5, 5.41) is 3.15. The second-order valence-electron chi connectivity index (χ2n) is 4.86. The van der Waals surface area contributed by atoms with Gasteiger partial charge in [-0.25, -0.2) is 4.98 Å². The number of nitrogens with zero attached hydrogens (tertiary/aromatic N) is 1. The molecular formula is C18H17NO2S. The average molecular weight is 311 g/mol. The van der Waals surface area contributed by atoms with Crippen molar-refractivity contribution in [1.29, 1.82) is 0 Å². The van der Waals surface area contributed by atoms with E-state index in [1.54, 1.807) is 25.6 Å². The van der Waals surface area contributed by atoms with Crippen LogP contribution in [0.25, 0.3) is 11.3 Å². The topological polar surface area (TPSA) is 31.4 Å². The summed E-state index contributed by atoms with van der Waals surface area (Å²) >= 11 is 1.66. The maximum Gasteiger partial charge on any atom is 0.128 e. The summed E-state index contributed by atoms with van der Waals surface area (Å²) in [6, 6.07) is 16.1. The molecule has 0 spiro atoms. The molecule has 0 bridgehead atoms. The van der Waals surface area contributed by atoms with Gasteiger partial charge in [0.05, 0.1) is 24.9 Å². The largest absolute Gasteiger partial charge is 0.497 e. The maximum atomic E-state index is 5.44. The molecule has 22 heavy (non-hydrogen) atoms. The summed E-state index contributed by atoms with van der Waals surface area (Å²) in [5.41, 5.74) is 3.14. The van der Waals surface area contributed by atoms with Gasteiger partial charge in [0.25, 0.3) is 0 Å². The predicted octanol–water partition coefficient (Wildman–Crippen LogP) is 4.42. The molecule has 0 atom stereocenters. The first-order valence-corrected chi connectivity index (χ1v) is 7.89. The number of hydrogen-bond acceptors (Lipinski definition) is 4. The van der Waals surface area contributed by atoms with Crippen molar-refractivity contribution >= 4 is 11.3 Å². The Bertz CT molecular complexity index is 753. The predicted molar refractivity (Wildman–Crippen MR) is 89.9 cm³/mol. The molecule has 0 N–H and O–H groups in total. The summed E-state index contributed by atoms with van der Waals surface area (Å²) in [4.78, 5) is 4.74. The van der Waals surface area contributed by atoms with Crippen molar-refractivity contribution in [2.24, 2.45) is 0 Å². The van der Waals surface area contributed by atoms with E-state index in [1.165, 1.54) is 5.56 Å². The minimum absolute atomic E-state index is 0.799. The van der Waals surface area contributed by atoms with Gasteiger partial charge in [0.1, 0.15) is 11.5 Å². The van der Waals surface area contributed by atoms with Crippen LogP contribution in [0.2, 0.25) is 0 Å². The quantitative estimate of drug-likeness (QED) is 0.699. The number of methoxy groups -OCH3 is 2. The van der Waals surface area contributed by atoms with Crippen molar-refractivity contribution in [3.8, 4) is 22.8 Å². The molecule has 1 aromatic heterocycles. The van der Waals surface area contributed by atoms with E-state index in [9.17, 15) is 0 Å². The Balaban J connectivity index is 1.90. The molecule has 3 nitrogen and oxygen atoms in total. The summed E-state index contributed by atoms with van der Waals surface area (Å²) in [6.45, 7) is 0. The van der Waals surface area contributed by atoms with Crippen molar-refractivity contribution in [3.63, 3.8) is 0 Å².